The number of carbonyl (C=O) groups is 3. The molecule has 1 aromatic carbocycles. The summed E-state index contributed by atoms with van der Waals surface area (Å²) in [6.45, 7) is -0.777. The number of Topliss-reactive ketones (excluding diaryl/α,β-unsaturated/α-hetero) is 1. The second kappa shape index (κ2) is 9.27. The van der Waals surface area contributed by atoms with Gasteiger partial charge in [0.25, 0.3) is 5.56 Å². The van der Waals surface area contributed by atoms with Crippen molar-refractivity contribution >= 4 is 35.2 Å². The molecule has 1 aromatic heterocycles. The Bertz CT molecular complexity index is 1110. The molecule has 0 aliphatic heterocycles. The predicted octanol–water partition coefficient (Wildman–Crippen LogP) is -0.155. The summed E-state index contributed by atoms with van der Waals surface area (Å²) in [5.74, 6) is -2.04. The molecule has 1 heterocycles. The Hall–Kier alpha value is -3.60. The molecule has 2 aromatic rings. The highest BCUT2D eigenvalue weighted by Gasteiger charge is 2.23. The molecular formula is C18H20ClN5O6. The lowest BCUT2D eigenvalue weighted by atomic mass is 10.0. The lowest BCUT2D eigenvalue weighted by Crippen LogP contribution is -2.42. The van der Waals surface area contributed by atoms with E-state index in [9.17, 15) is 24.0 Å². The van der Waals surface area contributed by atoms with E-state index in [-0.39, 0.29) is 12.2 Å². The minimum absolute atomic E-state index is 0.335. The van der Waals surface area contributed by atoms with Gasteiger partial charge in [-0.15, -0.1) is 0 Å². The summed E-state index contributed by atoms with van der Waals surface area (Å²) in [4.78, 5) is 59.9. The maximum absolute atomic E-state index is 12.4. The molecule has 2 amide bonds. The van der Waals surface area contributed by atoms with E-state index < -0.39 is 47.2 Å². The second-order valence-corrected chi connectivity index (χ2v) is 6.80. The van der Waals surface area contributed by atoms with E-state index in [1.165, 1.54) is 14.1 Å². The lowest BCUT2D eigenvalue weighted by Gasteiger charge is -2.17. The van der Waals surface area contributed by atoms with Crippen LogP contribution in [0.4, 0.5) is 10.6 Å². The lowest BCUT2D eigenvalue weighted by molar-refractivity contribution is -0.143. The SMILES string of the molecule is Cn1c(N)c(C(=O)COC(=O)CC(NC(N)=O)c2ccc(Cl)cc2)c(=O)n(C)c1=O. The molecule has 0 spiro atoms. The minimum atomic E-state index is -0.897. The Morgan fingerprint density at radius 1 is 1.13 bits per heavy atom. The summed E-state index contributed by atoms with van der Waals surface area (Å²) in [7, 11) is 2.49. The van der Waals surface area contributed by atoms with Crippen LogP contribution in [0.2, 0.25) is 5.02 Å². The predicted molar refractivity (Wildman–Crippen MR) is 108 cm³/mol. The summed E-state index contributed by atoms with van der Waals surface area (Å²) in [6.07, 6.45) is -0.335. The molecule has 0 aliphatic carbocycles. The van der Waals surface area contributed by atoms with Crippen LogP contribution in [0.1, 0.15) is 28.4 Å². The highest BCUT2D eigenvalue weighted by atomic mass is 35.5. The van der Waals surface area contributed by atoms with Crippen molar-refractivity contribution in [3.63, 3.8) is 0 Å². The second-order valence-electron chi connectivity index (χ2n) is 6.37. The van der Waals surface area contributed by atoms with Gasteiger partial charge in [-0.3, -0.25) is 23.5 Å². The van der Waals surface area contributed by atoms with Crippen molar-refractivity contribution < 1.29 is 19.1 Å². The summed E-state index contributed by atoms with van der Waals surface area (Å²) in [5.41, 5.74) is 9.33. The third kappa shape index (κ3) is 5.06. The van der Waals surface area contributed by atoms with E-state index in [4.69, 9.17) is 27.8 Å². The number of ketones is 1. The number of esters is 1. The highest BCUT2D eigenvalue weighted by molar-refractivity contribution is 6.30. The Kier molecular flexibility index (Phi) is 7.01. The number of nitrogen functional groups attached to an aromatic ring is 1. The zero-order valence-corrected chi connectivity index (χ0v) is 16.9. The number of hydrogen-bond donors (Lipinski definition) is 3. The molecule has 5 N–H and O–H groups in total. The number of carbonyl (C=O) groups excluding carboxylic acids is 3. The number of hydrogen-bond acceptors (Lipinski definition) is 7. The van der Waals surface area contributed by atoms with E-state index in [2.05, 4.69) is 5.32 Å². The fourth-order valence-electron chi connectivity index (χ4n) is 2.68. The van der Waals surface area contributed by atoms with Gasteiger partial charge in [-0.2, -0.15) is 0 Å². The third-order valence-electron chi connectivity index (χ3n) is 4.31. The minimum Gasteiger partial charge on any atom is -0.457 e. The number of ether oxygens (including phenoxy) is 1. The molecule has 1 atom stereocenters. The van der Waals surface area contributed by atoms with Crippen molar-refractivity contribution in [2.45, 2.75) is 12.5 Å². The van der Waals surface area contributed by atoms with E-state index in [0.717, 1.165) is 9.13 Å². The first-order chi connectivity index (χ1) is 14.0. The fourth-order valence-corrected chi connectivity index (χ4v) is 2.81. The zero-order valence-electron chi connectivity index (χ0n) is 16.2. The van der Waals surface area contributed by atoms with Crippen LogP contribution in [0.15, 0.2) is 33.9 Å². The molecule has 160 valence electrons. The van der Waals surface area contributed by atoms with E-state index in [1.807, 2.05) is 0 Å². The van der Waals surface area contributed by atoms with E-state index >= 15 is 0 Å². The summed E-state index contributed by atoms with van der Waals surface area (Å²) < 4.78 is 6.59. The van der Waals surface area contributed by atoms with Crippen LogP contribution in [0.25, 0.3) is 0 Å². The molecule has 0 saturated heterocycles. The molecule has 0 aliphatic rings. The molecular weight excluding hydrogens is 418 g/mol. The van der Waals surface area contributed by atoms with Crippen molar-refractivity contribution in [2.24, 2.45) is 19.8 Å². The van der Waals surface area contributed by atoms with Crippen molar-refractivity contribution in [2.75, 3.05) is 12.3 Å². The van der Waals surface area contributed by atoms with Crippen LogP contribution < -0.4 is 28.0 Å². The number of urea groups is 1. The van der Waals surface area contributed by atoms with Gasteiger partial charge in [-0.25, -0.2) is 9.59 Å². The van der Waals surface area contributed by atoms with Gasteiger partial charge < -0.3 is 21.5 Å². The maximum Gasteiger partial charge on any atom is 0.332 e. The molecule has 11 nitrogen and oxygen atoms in total. The molecule has 30 heavy (non-hydrogen) atoms. The topological polar surface area (TPSA) is 169 Å². The van der Waals surface area contributed by atoms with Gasteiger partial charge in [-0.1, -0.05) is 23.7 Å². The van der Waals surface area contributed by atoms with E-state index in [1.54, 1.807) is 24.3 Å². The van der Waals surface area contributed by atoms with Gasteiger partial charge in [0.2, 0.25) is 5.78 Å². The quantitative estimate of drug-likeness (QED) is 0.399. The highest BCUT2D eigenvalue weighted by Crippen LogP contribution is 2.20. The number of aromatic nitrogens is 2. The third-order valence-corrected chi connectivity index (χ3v) is 4.56. The van der Waals surface area contributed by atoms with Gasteiger partial charge in [0.1, 0.15) is 11.4 Å². The van der Waals surface area contributed by atoms with Gasteiger partial charge >= 0.3 is 17.7 Å². The number of benzene rings is 1. The molecule has 0 bridgehead atoms. The van der Waals surface area contributed by atoms with Crippen LogP contribution in [-0.4, -0.2) is 33.5 Å². The number of nitrogens with zero attached hydrogens (tertiary/aromatic N) is 2. The van der Waals surface area contributed by atoms with Crippen molar-refractivity contribution in [1.29, 1.82) is 0 Å². The van der Waals surface area contributed by atoms with Gasteiger partial charge in [0, 0.05) is 19.1 Å². The average Bonchev–Trinajstić information content (AvgIpc) is 2.69. The normalized spacial score (nSPS) is 11.6. The van der Waals surface area contributed by atoms with Gasteiger partial charge in [0.05, 0.1) is 12.5 Å². The number of amides is 2. The Balaban J connectivity index is 2.13. The van der Waals surface area contributed by atoms with Crippen LogP contribution in [0.3, 0.4) is 0 Å². The number of rotatable bonds is 7. The Morgan fingerprint density at radius 3 is 2.30 bits per heavy atom. The summed E-state index contributed by atoms with van der Waals surface area (Å²) >= 11 is 5.83. The number of halogens is 1. The molecule has 12 heteroatoms. The van der Waals surface area contributed by atoms with Gasteiger partial charge in [-0.05, 0) is 17.7 Å². The summed E-state index contributed by atoms with van der Waals surface area (Å²) in [5, 5.41) is 2.86. The average molecular weight is 438 g/mol. The number of anilines is 1. The van der Waals surface area contributed by atoms with Crippen LogP contribution in [0, 0.1) is 0 Å². The molecule has 2 rings (SSSR count). The maximum atomic E-state index is 12.4. The molecule has 0 saturated carbocycles. The monoisotopic (exact) mass is 437 g/mol. The van der Waals surface area contributed by atoms with Crippen LogP contribution in [0.5, 0.6) is 0 Å². The van der Waals surface area contributed by atoms with Gasteiger partial charge in [0.15, 0.2) is 6.61 Å². The van der Waals surface area contributed by atoms with Crippen molar-refractivity contribution in [3.05, 3.63) is 61.3 Å². The zero-order chi connectivity index (χ0) is 22.6. The fraction of sp³-hybridized carbons (Fsp3) is 0.278. The first-order valence-electron chi connectivity index (χ1n) is 8.58. The standard InChI is InChI=1S/C18H20ClN5O6/c1-23-15(20)14(16(27)24(2)18(23)29)12(25)8-30-13(26)7-11(22-17(21)28)9-3-5-10(19)6-4-9/h3-6,11H,7-8,20H2,1-2H3,(H3,21,22,28). The number of nitrogens with one attached hydrogen (secondary N) is 1. The first-order valence-corrected chi connectivity index (χ1v) is 8.96. The van der Waals surface area contributed by atoms with E-state index in [0.29, 0.717) is 10.6 Å². The van der Waals surface area contributed by atoms with Crippen molar-refractivity contribution in [3.8, 4) is 0 Å². The summed E-state index contributed by atoms with van der Waals surface area (Å²) in [6, 6.07) is 4.64. The van der Waals surface area contributed by atoms with Crippen LogP contribution in [-0.2, 0) is 23.6 Å². The smallest absolute Gasteiger partial charge is 0.332 e. The molecule has 1 unspecified atom stereocenters. The van der Waals surface area contributed by atoms with Crippen molar-refractivity contribution in [1.82, 2.24) is 14.5 Å². The Labute approximate surface area is 175 Å². The van der Waals surface area contributed by atoms with Crippen LogP contribution >= 0.6 is 11.6 Å². The molecule has 0 radical (unpaired) electrons. The number of nitrogens with two attached hydrogens (primary N) is 2. The number of primary amides is 1. The Morgan fingerprint density at radius 2 is 1.73 bits per heavy atom. The first kappa shape index (κ1) is 22.7. The molecule has 0 fully saturated rings. The largest absolute Gasteiger partial charge is 0.457 e.